The molecule has 0 radical (unpaired) electrons. The maximum Gasteiger partial charge on any atom is 0.220 e. The fourth-order valence-electron chi connectivity index (χ4n) is 1.54. The van der Waals surface area contributed by atoms with Gasteiger partial charge in [0.1, 0.15) is 0 Å². The zero-order valence-electron chi connectivity index (χ0n) is 8.60. The Bertz CT molecular complexity index is 339. The summed E-state index contributed by atoms with van der Waals surface area (Å²) in [5, 5.41) is 17.7. The molecule has 1 aromatic rings. The number of aryl methyl sites for hydroxylation is 1. The van der Waals surface area contributed by atoms with Crippen molar-refractivity contribution >= 4 is 5.91 Å². The van der Waals surface area contributed by atoms with Gasteiger partial charge in [-0.3, -0.25) is 4.79 Å². The SMILES string of the molecule is Cn1nnc(CNC2CCC(=O)NC2)n1. The average molecular weight is 210 g/mol. The number of nitrogens with one attached hydrogen (secondary N) is 2. The van der Waals surface area contributed by atoms with Crippen LogP contribution in [0.25, 0.3) is 0 Å². The van der Waals surface area contributed by atoms with Gasteiger partial charge < -0.3 is 10.6 Å². The van der Waals surface area contributed by atoms with Gasteiger partial charge in [-0.2, -0.15) is 4.80 Å². The van der Waals surface area contributed by atoms with Gasteiger partial charge >= 0.3 is 0 Å². The van der Waals surface area contributed by atoms with Crippen molar-refractivity contribution in [3.8, 4) is 0 Å². The monoisotopic (exact) mass is 210 g/mol. The van der Waals surface area contributed by atoms with Gasteiger partial charge in [-0.25, -0.2) is 0 Å². The molecule has 0 aromatic carbocycles. The van der Waals surface area contributed by atoms with Crippen molar-refractivity contribution in [1.29, 1.82) is 0 Å². The van der Waals surface area contributed by atoms with Gasteiger partial charge in [0.2, 0.25) is 5.91 Å². The summed E-state index contributed by atoms with van der Waals surface area (Å²) in [6, 6.07) is 0.312. The van der Waals surface area contributed by atoms with Gasteiger partial charge in [0, 0.05) is 19.0 Å². The molecule has 0 saturated carbocycles. The standard InChI is InChI=1S/C8H14N6O/c1-14-12-7(11-13-14)5-9-6-2-3-8(15)10-4-6/h6,9H,2-5H2,1H3,(H,10,15). The van der Waals surface area contributed by atoms with E-state index in [2.05, 4.69) is 26.0 Å². The summed E-state index contributed by atoms with van der Waals surface area (Å²) in [5.74, 6) is 0.806. The zero-order chi connectivity index (χ0) is 10.7. The highest BCUT2D eigenvalue weighted by molar-refractivity contribution is 5.76. The first-order valence-corrected chi connectivity index (χ1v) is 4.97. The third-order valence-electron chi connectivity index (χ3n) is 2.36. The number of hydrogen-bond donors (Lipinski definition) is 2. The smallest absolute Gasteiger partial charge is 0.220 e. The molecular weight excluding hydrogens is 196 g/mol. The van der Waals surface area contributed by atoms with Gasteiger partial charge in [-0.05, 0) is 11.6 Å². The summed E-state index contributed by atoms with van der Waals surface area (Å²) < 4.78 is 0. The Morgan fingerprint density at radius 3 is 3.13 bits per heavy atom. The van der Waals surface area contributed by atoms with Crippen LogP contribution in [-0.2, 0) is 18.4 Å². The molecule has 1 saturated heterocycles. The second-order valence-electron chi connectivity index (χ2n) is 3.62. The van der Waals surface area contributed by atoms with E-state index < -0.39 is 0 Å². The van der Waals surface area contributed by atoms with Crippen molar-refractivity contribution in [1.82, 2.24) is 30.8 Å². The van der Waals surface area contributed by atoms with E-state index in [0.29, 0.717) is 31.4 Å². The Hall–Kier alpha value is -1.50. The van der Waals surface area contributed by atoms with Crippen LogP contribution < -0.4 is 10.6 Å². The van der Waals surface area contributed by atoms with Crippen LogP contribution in [0, 0.1) is 0 Å². The minimum Gasteiger partial charge on any atom is -0.355 e. The van der Waals surface area contributed by atoms with Gasteiger partial charge in [0.25, 0.3) is 0 Å². The third kappa shape index (κ3) is 2.72. The molecule has 7 nitrogen and oxygen atoms in total. The lowest BCUT2D eigenvalue weighted by molar-refractivity contribution is -0.122. The molecular formula is C8H14N6O. The number of rotatable bonds is 3. The predicted molar refractivity (Wildman–Crippen MR) is 51.7 cm³/mol. The molecule has 1 aliphatic rings. The maximum atomic E-state index is 10.9. The Balaban J connectivity index is 1.76. The van der Waals surface area contributed by atoms with E-state index in [9.17, 15) is 4.79 Å². The molecule has 1 fully saturated rings. The second kappa shape index (κ2) is 4.35. The third-order valence-corrected chi connectivity index (χ3v) is 2.36. The zero-order valence-corrected chi connectivity index (χ0v) is 8.60. The molecule has 7 heteroatoms. The average Bonchev–Trinajstić information content (AvgIpc) is 2.64. The molecule has 1 amide bonds. The lowest BCUT2D eigenvalue weighted by atomic mass is 10.1. The van der Waals surface area contributed by atoms with Crippen LogP contribution in [0.4, 0.5) is 0 Å². The van der Waals surface area contributed by atoms with Crippen molar-refractivity contribution in [3.05, 3.63) is 5.82 Å². The lowest BCUT2D eigenvalue weighted by Crippen LogP contribution is -2.45. The molecule has 0 spiro atoms. The van der Waals surface area contributed by atoms with E-state index in [4.69, 9.17) is 0 Å². The van der Waals surface area contributed by atoms with Gasteiger partial charge in [-0.1, -0.05) is 0 Å². The van der Waals surface area contributed by atoms with Crippen LogP contribution in [0.3, 0.4) is 0 Å². The molecule has 2 heterocycles. The number of tetrazole rings is 1. The molecule has 1 atom stereocenters. The minimum absolute atomic E-state index is 0.130. The first-order valence-electron chi connectivity index (χ1n) is 4.97. The summed E-state index contributed by atoms with van der Waals surface area (Å²) in [5.41, 5.74) is 0. The number of nitrogens with zero attached hydrogens (tertiary/aromatic N) is 4. The Morgan fingerprint density at radius 2 is 2.53 bits per heavy atom. The molecule has 0 aliphatic carbocycles. The van der Waals surface area contributed by atoms with E-state index in [1.165, 1.54) is 4.80 Å². The first-order chi connectivity index (χ1) is 7.24. The Labute approximate surface area is 87.2 Å². The van der Waals surface area contributed by atoms with Gasteiger partial charge in [-0.15, -0.1) is 10.2 Å². The summed E-state index contributed by atoms with van der Waals surface area (Å²) in [6.07, 6.45) is 1.46. The van der Waals surface area contributed by atoms with E-state index in [-0.39, 0.29) is 5.91 Å². The molecule has 15 heavy (non-hydrogen) atoms. The summed E-state index contributed by atoms with van der Waals surface area (Å²) in [6.45, 7) is 1.27. The normalized spacial score (nSPS) is 21.4. The molecule has 82 valence electrons. The number of carbonyl (C=O) groups excluding carboxylic acids is 1. The predicted octanol–water partition coefficient (Wildman–Crippen LogP) is -1.42. The highest BCUT2D eigenvalue weighted by Crippen LogP contribution is 2.02. The number of amides is 1. The lowest BCUT2D eigenvalue weighted by Gasteiger charge is -2.22. The van der Waals surface area contributed by atoms with Gasteiger partial charge in [0.15, 0.2) is 5.82 Å². The number of aromatic nitrogens is 4. The summed E-state index contributed by atoms with van der Waals surface area (Å²) in [7, 11) is 1.73. The van der Waals surface area contributed by atoms with E-state index in [0.717, 1.165) is 6.42 Å². The molecule has 2 N–H and O–H groups in total. The minimum atomic E-state index is 0.130. The molecule has 2 rings (SSSR count). The molecule has 1 aromatic heterocycles. The molecule has 0 bridgehead atoms. The van der Waals surface area contributed by atoms with Crippen molar-refractivity contribution in [2.75, 3.05) is 6.54 Å². The van der Waals surface area contributed by atoms with Crippen LogP contribution in [-0.4, -0.2) is 38.7 Å². The van der Waals surface area contributed by atoms with Gasteiger partial charge in [0.05, 0.1) is 13.6 Å². The number of piperidine rings is 1. The topological polar surface area (TPSA) is 84.7 Å². The largest absolute Gasteiger partial charge is 0.355 e. The Morgan fingerprint density at radius 1 is 1.67 bits per heavy atom. The van der Waals surface area contributed by atoms with Crippen LogP contribution in [0.5, 0.6) is 0 Å². The van der Waals surface area contributed by atoms with Crippen molar-refractivity contribution < 1.29 is 4.79 Å². The highest BCUT2D eigenvalue weighted by atomic mass is 16.1. The first kappa shape index (κ1) is 10.0. The fourth-order valence-corrected chi connectivity index (χ4v) is 1.54. The Kier molecular flexibility index (Phi) is 2.91. The van der Waals surface area contributed by atoms with Crippen molar-refractivity contribution in [2.45, 2.75) is 25.4 Å². The summed E-state index contributed by atoms with van der Waals surface area (Å²) >= 11 is 0. The van der Waals surface area contributed by atoms with E-state index in [1.807, 2.05) is 0 Å². The van der Waals surface area contributed by atoms with Crippen LogP contribution >= 0.6 is 0 Å². The number of carbonyl (C=O) groups is 1. The second-order valence-corrected chi connectivity index (χ2v) is 3.62. The van der Waals surface area contributed by atoms with E-state index >= 15 is 0 Å². The van der Waals surface area contributed by atoms with Crippen LogP contribution in [0.2, 0.25) is 0 Å². The van der Waals surface area contributed by atoms with Crippen LogP contribution in [0.1, 0.15) is 18.7 Å². The fraction of sp³-hybridized carbons (Fsp3) is 0.750. The van der Waals surface area contributed by atoms with Crippen molar-refractivity contribution in [2.24, 2.45) is 7.05 Å². The molecule has 1 unspecified atom stereocenters. The van der Waals surface area contributed by atoms with Crippen molar-refractivity contribution in [3.63, 3.8) is 0 Å². The van der Waals surface area contributed by atoms with E-state index in [1.54, 1.807) is 7.05 Å². The maximum absolute atomic E-state index is 10.9. The van der Waals surface area contributed by atoms with Crippen LogP contribution in [0.15, 0.2) is 0 Å². The molecule has 1 aliphatic heterocycles. The quantitative estimate of drug-likeness (QED) is 0.639. The number of hydrogen-bond acceptors (Lipinski definition) is 5. The highest BCUT2D eigenvalue weighted by Gasteiger charge is 2.17. The summed E-state index contributed by atoms with van der Waals surface area (Å²) in [4.78, 5) is 12.3.